The van der Waals surface area contributed by atoms with Gasteiger partial charge in [-0.05, 0) is 18.9 Å². The Morgan fingerprint density at radius 3 is 2.89 bits per heavy atom. The van der Waals surface area contributed by atoms with E-state index in [1.807, 2.05) is 0 Å². The van der Waals surface area contributed by atoms with Gasteiger partial charge in [-0.25, -0.2) is 4.39 Å². The maximum absolute atomic E-state index is 13.4. The average Bonchev–Trinajstić information content (AvgIpc) is 2.41. The third kappa shape index (κ3) is 2.68. The van der Waals surface area contributed by atoms with Gasteiger partial charge in [-0.1, -0.05) is 0 Å². The minimum absolute atomic E-state index is 0.0311. The van der Waals surface area contributed by atoms with Gasteiger partial charge in [0.05, 0.1) is 11.5 Å². The summed E-state index contributed by atoms with van der Waals surface area (Å²) in [6, 6.07) is 4.49. The van der Waals surface area contributed by atoms with Crippen molar-refractivity contribution in [1.29, 1.82) is 5.26 Å². The summed E-state index contributed by atoms with van der Waals surface area (Å²) < 4.78 is 18.6. The number of nitriles is 1. The first-order chi connectivity index (χ1) is 8.65. The van der Waals surface area contributed by atoms with Gasteiger partial charge in [-0.2, -0.15) is 5.26 Å². The van der Waals surface area contributed by atoms with E-state index in [0.29, 0.717) is 32.6 Å². The minimum Gasteiger partial charge on any atom is -0.381 e. The lowest BCUT2D eigenvalue weighted by atomic mass is 9.82. The zero-order valence-corrected chi connectivity index (χ0v) is 9.83. The summed E-state index contributed by atoms with van der Waals surface area (Å²) in [7, 11) is 0. The van der Waals surface area contributed by atoms with Crippen molar-refractivity contribution in [2.45, 2.75) is 12.8 Å². The van der Waals surface area contributed by atoms with Gasteiger partial charge in [-0.3, -0.25) is 4.79 Å². The number of rotatable bonds is 3. The molecule has 1 saturated heterocycles. The third-order valence-electron chi connectivity index (χ3n) is 3.16. The van der Waals surface area contributed by atoms with Gasteiger partial charge in [0, 0.05) is 25.8 Å². The highest BCUT2D eigenvalue weighted by atomic mass is 19.1. The zero-order chi connectivity index (χ0) is 13.0. The molecular formula is C12H14FN3O2. The van der Waals surface area contributed by atoms with Crippen LogP contribution >= 0.6 is 0 Å². The van der Waals surface area contributed by atoms with Gasteiger partial charge in [-0.15, -0.1) is 0 Å². The van der Waals surface area contributed by atoms with Crippen LogP contribution < -0.4 is 10.9 Å². The van der Waals surface area contributed by atoms with Crippen LogP contribution in [0.3, 0.4) is 0 Å². The fourth-order valence-electron chi connectivity index (χ4n) is 1.93. The lowest BCUT2D eigenvalue weighted by molar-refractivity contribution is 0.0455. The molecule has 6 heteroatoms. The predicted molar refractivity (Wildman–Crippen MR) is 63.6 cm³/mol. The van der Waals surface area contributed by atoms with Gasteiger partial charge in [0.25, 0.3) is 0 Å². The SMILES string of the molecule is N#CC1(CNc2[nH]c(=O)ccc2F)CCOCC1. The van der Waals surface area contributed by atoms with E-state index in [0.717, 1.165) is 12.1 Å². The molecule has 0 aliphatic carbocycles. The Morgan fingerprint density at radius 2 is 2.22 bits per heavy atom. The Labute approximate surface area is 104 Å². The van der Waals surface area contributed by atoms with E-state index in [1.54, 1.807) is 0 Å². The summed E-state index contributed by atoms with van der Waals surface area (Å²) in [6.45, 7) is 1.36. The molecule has 0 saturated carbocycles. The van der Waals surface area contributed by atoms with Crippen LogP contribution in [0, 0.1) is 22.6 Å². The average molecular weight is 251 g/mol. The molecule has 0 bridgehead atoms. The fraction of sp³-hybridized carbons (Fsp3) is 0.500. The summed E-state index contributed by atoms with van der Waals surface area (Å²) in [4.78, 5) is 13.5. The normalized spacial score (nSPS) is 18.0. The Balaban J connectivity index is 2.08. The molecular weight excluding hydrogens is 237 g/mol. The smallest absolute Gasteiger partial charge is 0.249 e. The quantitative estimate of drug-likeness (QED) is 0.847. The van der Waals surface area contributed by atoms with Gasteiger partial charge < -0.3 is 15.0 Å². The number of ether oxygens (including phenoxy) is 1. The second-order valence-corrected chi connectivity index (χ2v) is 4.40. The molecule has 1 fully saturated rings. The Morgan fingerprint density at radius 1 is 1.50 bits per heavy atom. The van der Waals surface area contributed by atoms with E-state index in [9.17, 15) is 14.4 Å². The van der Waals surface area contributed by atoms with Gasteiger partial charge in [0.1, 0.15) is 5.82 Å². The molecule has 0 atom stereocenters. The fourth-order valence-corrected chi connectivity index (χ4v) is 1.93. The summed E-state index contributed by atoms with van der Waals surface area (Å²) in [5.41, 5.74) is -0.936. The van der Waals surface area contributed by atoms with Crippen molar-refractivity contribution < 1.29 is 9.13 Å². The van der Waals surface area contributed by atoms with Crippen LogP contribution in [0.5, 0.6) is 0 Å². The lowest BCUT2D eigenvalue weighted by Crippen LogP contribution is -2.35. The summed E-state index contributed by atoms with van der Waals surface area (Å²) in [5.74, 6) is -0.502. The number of hydrogen-bond acceptors (Lipinski definition) is 4. The van der Waals surface area contributed by atoms with Gasteiger partial charge in [0.2, 0.25) is 5.56 Å². The maximum atomic E-state index is 13.4. The molecule has 0 spiro atoms. The number of nitrogens with one attached hydrogen (secondary N) is 2. The Bertz CT molecular complexity index is 515. The van der Waals surface area contributed by atoms with Crippen molar-refractivity contribution in [1.82, 2.24) is 4.98 Å². The molecule has 2 N–H and O–H groups in total. The van der Waals surface area contributed by atoms with Crippen LogP contribution in [0.1, 0.15) is 12.8 Å². The van der Waals surface area contributed by atoms with Crippen molar-refractivity contribution in [2.75, 3.05) is 25.1 Å². The standard InChI is InChI=1S/C12H14FN3O2/c13-9-1-2-10(17)16-11(9)15-8-12(7-14)3-5-18-6-4-12/h1-2H,3-6,8H2,(H2,15,16,17). The highest BCUT2D eigenvalue weighted by Crippen LogP contribution is 2.29. The molecule has 1 aromatic rings. The van der Waals surface area contributed by atoms with Crippen molar-refractivity contribution >= 4 is 5.82 Å². The minimum atomic E-state index is -0.558. The summed E-state index contributed by atoms with van der Waals surface area (Å²) in [6.07, 6.45) is 1.21. The Hall–Kier alpha value is -1.87. The molecule has 0 unspecified atom stereocenters. The van der Waals surface area contributed by atoms with Crippen molar-refractivity contribution in [3.8, 4) is 6.07 Å². The van der Waals surface area contributed by atoms with Crippen LogP contribution in [0.2, 0.25) is 0 Å². The van der Waals surface area contributed by atoms with E-state index in [-0.39, 0.29) is 11.4 Å². The van der Waals surface area contributed by atoms with Crippen LogP contribution in [0.25, 0.3) is 0 Å². The number of nitrogens with zero attached hydrogens (tertiary/aromatic N) is 1. The van der Waals surface area contributed by atoms with Crippen molar-refractivity contribution in [2.24, 2.45) is 5.41 Å². The van der Waals surface area contributed by atoms with E-state index in [2.05, 4.69) is 16.4 Å². The highest BCUT2D eigenvalue weighted by molar-refractivity contribution is 5.36. The molecule has 2 heterocycles. The number of hydrogen-bond donors (Lipinski definition) is 2. The number of pyridine rings is 1. The van der Waals surface area contributed by atoms with Crippen LogP contribution in [-0.2, 0) is 4.74 Å². The van der Waals surface area contributed by atoms with E-state index in [1.165, 1.54) is 0 Å². The van der Waals surface area contributed by atoms with Crippen molar-refractivity contribution in [3.63, 3.8) is 0 Å². The molecule has 18 heavy (non-hydrogen) atoms. The van der Waals surface area contributed by atoms with Gasteiger partial charge >= 0.3 is 0 Å². The largest absolute Gasteiger partial charge is 0.381 e. The molecule has 1 aromatic heterocycles. The topological polar surface area (TPSA) is 77.9 Å². The first kappa shape index (κ1) is 12.6. The zero-order valence-electron chi connectivity index (χ0n) is 9.83. The number of halogens is 1. The molecule has 1 aliphatic rings. The molecule has 0 aromatic carbocycles. The monoisotopic (exact) mass is 251 g/mol. The van der Waals surface area contributed by atoms with E-state index >= 15 is 0 Å². The molecule has 0 radical (unpaired) electrons. The molecule has 0 amide bonds. The molecule has 2 rings (SSSR count). The second kappa shape index (κ2) is 5.19. The van der Waals surface area contributed by atoms with E-state index < -0.39 is 11.2 Å². The number of aromatic amines is 1. The second-order valence-electron chi connectivity index (χ2n) is 4.40. The summed E-state index contributed by atoms with van der Waals surface area (Å²) in [5, 5.41) is 12.0. The highest BCUT2D eigenvalue weighted by Gasteiger charge is 2.32. The Kier molecular flexibility index (Phi) is 3.63. The number of H-pyrrole nitrogens is 1. The molecule has 5 nitrogen and oxygen atoms in total. The van der Waals surface area contributed by atoms with Gasteiger partial charge in [0.15, 0.2) is 5.82 Å². The maximum Gasteiger partial charge on any atom is 0.249 e. The predicted octanol–water partition coefficient (Wildman–Crippen LogP) is 1.25. The lowest BCUT2D eigenvalue weighted by Gasteiger charge is -2.30. The molecule has 96 valence electrons. The summed E-state index contributed by atoms with van der Waals surface area (Å²) >= 11 is 0. The number of anilines is 1. The van der Waals surface area contributed by atoms with E-state index in [4.69, 9.17) is 4.74 Å². The first-order valence-electron chi connectivity index (χ1n) is 5.77. The van der Waals surface area contributed by atoms with Crippen LogP contribution in [0.15, 0.2) is 16.9 Å². The number of aromatic nitrogens is 1. The first-order valence-corrected chi connectivity index (χ1v) is 5.77. The third-order valence-corrected chi connectivity index (χ3v) is 3.16. The van der Waals surface area contributed by atoms with Crippen LogP contribution in [0.4, 0.5) is 10.2 Å². The molecule has 1 aliphatic heterocycles. The van der Waals surface area contributed by atoms with Crippen molar-refractivity contribution in [3.05, 3.63) is 28.3 Å². The van der Waals surface area contributed by atoms with Crippen LogP contribution in [-0.4, -0.2) is 24.7 Å².